The first-order valence-corrected chi connectivity index (χ1v) is 6.83. The third kappa shape index (κ3) is 4.09. The number of carbonyl (C=O) groups excluding carboxylic acids is 1. The normalized spacial score (nSPS) is 14.4. The highest BCUT2D eigenvalue weighted by molar-refractivity contribution is 7.09. The quantitative estimate of drug-likeness (QED) is 0.816. The smallest absolute Gasteiger partial charge is 0.224 e. The Hall–Kier alpha value is -0.940. The summed E-state index contributed by atoms with van der Waals surface area (Å²) < 4.78 is 0. The molecular formula is C12H21N3OS. The molecule has 0 aromatic carbocycles. The number of thiazole rings is 1. The maximum Gasteiger partial charge on any atom is 0.224 e. The molecule has 0 bridgehead atoms. The number of hydrogen-bond donors (Lipinski definition) is 2. The molecule has 2 atom stereocenters. The van der Waals surface area contributed by atoms with Crippen LogP contribution in [0.25, 0.3) is 0 Å². The highest BCUT2D eigenvalue weighted by Crippen LogP contribution is 2.21. The molecule has 0 aliphatic carbocycles. The maximum atomic E-state index is 11.9. The van der Waals surface area contributed by atoms with Crippen molar-refractivity contribution in [1.29, 1.82) is 0 Å². The number of aryl methyl sites for hydroxylation is 1. The third-order valence-corrected chi connectivity index (χ3v) is 3.69. The van der Waals surface area contributed by atoms with Gasteiger partial charge in [-0.2, -0.15) is 0 Å². The number of nitrogens with zero attached hydrogens (tertiary/aromatic N) is 1. The minimum absolute atomic E-state index is 0.0184. The lowest BCUT2D eigenvalue weighted by atomic mass is 10.1. The monoisotopic (exact) mass is 255 g/mol. The second kappa shape index (κ2) is 6.71. The van der Waals surface area contributed by atoms with Gasteiger partial charge in [-0.3, -0.25) is 4.79 Å². The average molecular weight is 255 g/mol. The molecule has 0 fully saturated rings. The van der Waals surface area contributed by atoms with Gasteiger partial charge >= 0.3 is 0 Å². The lowest BCUT2D eigenvalue weighted by Crippen LogP contribution is -2.36. The fourth-order valence-electron chi connectivity index (χ4n) is 1.58. The van der Waals surface area contributed by atoms with Gasteiger partial charge in [-0.15, -0.1) is 11.3 Å². The van der Waals surface area contributed by atoms with E-state index >= 15 is 0 Å². The van der Waals surface area contributed by atoms with Crippen molar-refractivity contribution in [1.82, 2.24) is 15.6 Å². The molecule has 1 heterocycles. The van der Waals surface area contributed by atoms with Crippen LogP contribution >= 0.6 is 11.3 Å². The molecule has 96 valence electrons. The Balaban J connectivity index is 2.61. The number of rotatable bonds is 6. The zero-order valence-electron chi connectivity index (χ0n) is 10.9. The fraction of sp³-hybridized carbons (Fsp3) is 0.667. The molecule has 5 heteroatoms. The Labute approximate surface area is 107 Å². The van der Waals surface area contributed by atoms with Gasteiger partial charge < -0.3 is 10.6 Å². The van der Waals surface area contributed by atoms with Gasteiger partial charge in [-0.05, 0) is 20.4 Å². The number of amides is 1. The first kappa shape index (κ1) is 14.1. The molecule has 0 aliphatic rings. The predicted octanol–water partition coefficient (Wildman–Crippen LogP) is 1.87. The Bertz CT molecular complexity index is 364. The van der Waals surface area contributed by atoms with Crippen molar-refractivity contribution in [3.63, 3.8) is 0 Å². The van der Waals surface area contributed by atoms with E-state index in [0.29, 0.717) is 6.54 Å². The van der Waals surface area contributed by atoms with Gasteiger partial charge in [-0.25, -0.2) is 4.98 Å². The minimum Gasteiger partial charge on any atom is -0.347 e. The van der Waals surface area contributed by atoms with Gasteiger partial charge in [0.2, 0.25) is 5.91 Å². The third-order valence-electron chi connectivity index (χ3n) is 2.62. The Morgan fingerprint density at radius 2 is 2.29 bits per heavy atom. The van der Waals surface area contributed by atoms with E-state index < -0.39 is 0 Å². The van der Waals surface area contributed by atoms with Crippen LogP contribution in [0, 0.1) is 12.8 Å². The molecule has 0 saturated carbocycles. The van der Waals surface area contributed by atoms with Crippen LogP contribution < -0.4 is 10.6 Å². The maximum absolute atomic E-state index is 11.9. The Kier molecular flexibility index (Phi) is 5.58. The summed E-state index contributed by atoms with van der Waals surface area (Å²) in [7, 11) is 1.85. The van der Waals surface area contributed by atoms with Crippen molar-refractivity contribution in [2.45, 2.75) is 33.2 Å². The first-order chi connectivity index (χ1) is 8.08. The summed E-state index contributed by atoms with van der Waals surface area (Å²) in [6, 6.07) is 0.0421. The van der Waals surface area contributed by atoms with E-state index in [1.165, 1.54) is 0 Å². The summed E-state index contributed by atoms with van der Waals surface area (Å²) in [5.74, 6) is 0.0640. The highest BCUT2D eigenvalue weighted by atomic mass is 32.1. The van der Waals surface area contributed by atoms with Crippen molar-refractivity contribution in [2.24, 2.45) is 5.92 Å². The summed E-state index contributed by atoms with van der Waals surface area (Å²) in [6.07, 6.45) is 0.866. The highest BCUT2D eigenvalue weighted by Gasteiger charge is 2.19. The van der Waals surface area contributed by atoms with Crippen LogP contribution in [-0.4, -0.2) is 24.5 Å². The second-order valence-electron chi connectivity index (χ2n) is 4.26. The molecular weight excluding hydrogens is 234 g/mol. The number of aromatic nitrogens is 1. The minimum atomic E-state index is -0.0184. The van der Waals surface area contributed by atoms with Crippen molar-refractivity contribution < 1.29 is 4.79 Å². The molecule has 0 radical (unpaired) electrons. The summed E-state index contributed by atoms with van der Waals surface area (Å²) in [6.45, 7) is 6.65. The Morgan fingerprint density at radius 3 is 2.76 bits per heavy atom. The van der Waals surface area contributed by atoms with Crippen LogP contribution in [0.2, 0.25) is 0 Å². The molecule has 1 aromatic heterocycles. The van der Waals surface area contributed by atoms with Crippen LogP contribution in [0.4, 0.5) is 0 Å². The van der Waals surface area contributed by atoms with Gasteiger partial charge in [-0.1, -0.05) is 13.8 Å². The van der Waals surface area contributed by atoms with E-state index in [0.717, 1.165) is 17.1 Å². The van der Waals surface area contributed by atoms with E-state index in [1.807, 2.05) is 26.3 Å². The van der Waals surface area contributed by atoms with E-state index in [2.05, 4.69) is 22.5 Å². The molecule has 0 aliphatic heterocycles. The van der Waals surface area contributed by atoms with Crippen LogP contribution in [0.15, 0.2) is 5.38 Å². The number of hydrogen-bond acceptors (Lipinski definition) is 4. The molecule has 0 saturated heterocycles. The summed E-state index contributed by atoms with van der Waals surface area (Å²) in [4.78, 5) is 16.3. The van der Waals surface area contributed by atoms with Gasteiger partial charge in [0.15, 0.2) is 0 Å². The molecule has 2 unspecified atom stereocenters. The van der Waals surface area contributed by atoms with Gasteiger partial charge in [0.05, 0.1) is 6.04 Å². The molecule has 0 spiro atoms. The molecule has 1 amide bonds. The van der Waals surface area contributed by atoms with Gasteiger partial charge in [0.1, 0.15) is 5.01 Å². The SMILES string of the molecule is CCC(NC(=O)C(C)CNC)c1nc(C)cs1. The summed E-state index contributed by atoms with van der Waals surface area (Å²) in [5.41, 5.74) is 1.01. The number of nitrogens with one attached hydrogen (secondary N) is 2. The standard InChI is InChI=1S/C12H21N3OS/c1-5-10(12-14-9(3)7-17-12)15-11(16)8(2)6-13-4/h7-8,10,13H,5-6H2,1-4H3,(H,15,16). The summed E-state index contributed by atoms with van der Waals surface area (Å²) >= 11 is 1.61. The predicted molar refractivity (Wildman–Crippen MR) is 71.1 cm³/mol. The average Bonchev–Trinajstić information content (AvgIpc) is 2.72. The van der Waals surface area contributed by atoms with E-state index in [4.69, 9.17) is 0 Å². The van der Waals surface area contributed by atoms with Crippen LogP contribution in [0.5, 0.6) is 0 Å². The molecule has 17 heavy (non-hydrogen) atoms. The lowest BCUT2D eigenvalue weighted by Gasteiger charge is -2.17. The van der Waals surface area contributed by atoms with Crippen molar-refractivity contribution >= 4 is 17.2 Å². The molecule has 1 aromatic rings. The summed E-state index contributed by atoms with van der Waals surface area (Å²) in [5, 5.41) is 9.07. The molecule has 1 rings (SSSR count). The Morgan fingerprint density at radius 1 is 1.59 bits per heavy atom. The molecule has 4 nitrogen and oxygen atoms in total. The largest absolute Gasteiger partial charge is 0.347 e. The topological polar surface area (TPSA) is 54.0 Å². The van der Waals surface area contributed by atoms with E-state index in [9.17, 15) is 4.79 Å². The first-order valence-electron chi connectivity index (χ1n) is 5.95. The second-order valence-corrected chi connectivity index (χ2v) is 5.14. The van der Waals surface area contributed by atoms with Gasteiger partial charge in [0, 0.05) is 23.5 Å². The fourth-order valence-corrected chi connectivity index (χ4v) is 2.51. The van der Waals surface area contributed by atoms with Crippen LogP contribution in [-0.2, 0) is 4.79 Å². The van der Waals surface area contributed by atoms with Crippen molar-refractivity contribution in [3.05, 3.63) is 16.1 Å². The zero-order chi connectivity index (χ0) is 12.8. The lowest BCUT2D eigenvalue weighted by molar-refractivity contribution is -0.125. The van der Waals surface area contributed by atoms with Crippen molar-refractivity contribution in [2.75, 3.05) is 13.6 Å². The molecule has 2 N–H and O–H groups in total. The number of carbonyl (C=O) groups is 1. The van der Waals surface area contributed by atoms with Crippen LogP contribution in [0.1, 0.15) is 37.0 Å². The van der Waals surface area contributed by atoms with E-state index in [-0.39, 0.29) is 17.9 Å². The van der Waals surface area contributed by atoms with Crippen molar-refractivity contribution in [3.8, 4) is 0 Å². The van der Waals surface area contributed by atoms with Gasteiger partial charge in [0.25, 0.3) is 0 Å². The van der Waals surface area contributed by atoms with E-state index in [1.54, 1.807) is 11.3 Å². The zero-order valence-corrected chi connectivity index (χ0v) is 11.7. The van der Waals surface area contributed by atoms with Crippen LogP contribution in [0.3, 0.4) is 0 Å².